The second-order valence-electron chi connectivity index (χ2n) is 2.94. The minimum absolute atomic E-state index is 0.493. The lowest BCUT2D eigenvalue weighted by Gasteiger charge is -2.16. The molecule has 9 heavy (non-hydrogen) atoms. The predicted molar refractivity (Wildman–Crippen MR) is 40.2 cm³/mol. The van der Waals surface area contributed by atoms with E-state index in [9.17, 15) is 0 Å². The lowest BCUT2D eigenvalue weighted by atomic mass is 10.0. The Labute approximate surface area is 57.8 Å². The van der Waals surface area contributed by atoms with Gasteiger partial charge in [-0.25, -0.2) is 0 Å². The van der Waals surface area contributed by atoms with E-state index in [1.807, 2.05) is 7.05 Å². The van der Waals surface area contributed by atoms with Gasteiger partial charge in [0.15, 0.2) is 0 Å². The Morgan fingerprint density at radius 2 is 2.00 bits per heavy atom. The molecule has 0 aromatic rings. The van der Waals surface area contributed by atoms with Gasteiger partial charge in [0.25, 0.3) is 0 Å². The first-order valence-electron chi connectivity index (χ1n) is 3.85. The molecular formula is C8H16N. The summed E-state index contributed by atoms with van der Waals surface area (Å²) in [6.07, 6.45) is 5.60. The molecule has 0 bridgehead atoms. The Balaban J connectivity index is 2.24. The fourth-order valence-corrected chi connectivity index (χ4v) is 1.60. The summed E-state index contributed by atoms with van der Waals surface area (Å²) in [4.78, 5) is 0. The minimum atomic E-state index is 0.493. The van der Waals surface area contributed by atoms with Gasteiger partial charge in [-0.05, 0) is 32.7 Å². The number of rotatable bonds is 2. The van der Waals surface area contributed by atoms with Crippen molar-refractivity contribution in [3.05, 3.63) is 6.92 Å². The molecule has 1 aliphatic rings. The molecule has 1 heteroatoms. The average Bonchev–Trinajstić information content (AvgIpc) is 2.37. The minimum Gasteiger partial charge on any atom is -0.317 e. The van der Waals surface area contributed by atoms with Crippen LogP contribution in [0.15, 0.2) is 0 Å². The van der Waals surface area contributed by atoms with E-state index in [2.05, 4.69) is 12.2 Å². The highest BCUT2D eigenvalue weighted by molar-refractivity contribution is 4.80. The summed E-state index contributed by atoms with van der Waals surface area (Å²) in [5, 5.41) is 3.20. The third-order valence-corrected chi connectivity index (χ3v) is 2.34. The van der Waals surface area contributed by atoms with Crippen LogP contribution in [0.3, 0.4) is 0 Å². The third-order valence-electron chi connectivity index (χ3n) is 2.34. The third kappa shape index (κ3) is 1.68. The molecule has 1 aliphatic carbocycles. The van der Waals surface area contributed by atoms with Gasteiger partial charge in [-0.15, -0.1) is 0 Å². The highest BCUT2D eigenvalue weighted by atomic mass is 14.9. The maximum atomic E-state index is 4.03. The van der Waals surface area contributed by atoms with Gasteiger partial charge in [-0.1, -0.05) is 12.8 Å². The summed E-state index contributed by atoms with van der Waals surface area (Å²) in [5.74, 6) is 0.856. The van der Waals surface area contributed by atoms with Crippen molar-refractivity contribution in [3.8, 4) is 0 Å². The Kier molecular flexibility index (Phi) is 2.52. The topological polar surface area (TPSA) is 12.0 Å². The van der Waals surface area contributed by atoms with Crippen LogP contribution in [-0.4, -0.2) is 13.1 Å². The van der Waals surface area contributed by atoms with E-state index in [4.69, 9.17) is 0 Å². The molecule has 1 rings (SSSR count). The van der Waals surface area contributed by atoms with Crippen LogP contribution in [0.5, 0.6) is 0 Å². The smallest absolute Gasteiger partial charge is 0.00929 e. The van der Waals surface area contributed by atoms with E-state index in [-0.39, 0.29) is 0 Å². The molecule has 53 valence electrons. The fourth-order valence-electron chi connectivity index (χ4n) is 1.60. The Morgan fingerprint density at radius 1 is 1.44 bits per heavy atom. The van der Waals surface area contributed by atoms with Gasteiger partial charge in [-0.3, -0.25) is 0 Å². The molecular weight excluding hydrogens is 110 g/mol. The van der Waals surface area contributed by atoms with Crippen molar-refractivity contribution in [2.45, 2.75) is 31.7 Å². The monoisotopic (exact) mass is 126 g/mol. The largest absolute Gasteiger partial charge is 0.317 e. The second kappa shape index (κ2) is 3.21. The van der Waals surface area contributed by atoms with Gasteiger partial charge < -0.3 is 5.32 Å². The molecule has 1 unspecified atom stereocenters. The van der Waals surface area contributed by atoms with Crippen LogP contribution in [-0.2, 0) is 0 Å². The van der Waals surface area contributed by atoms with Crippen LogP contribution in [0.25, 0.3) is 0 Å². The Bertz CT molecular complexity index is 74.6. The van der Waals surface area contributed by atoms with E-state index in [0.29, 0.717) is 6.04 Å². The maximum absolute atomic E-state index is 4.03. The second-order valence-corrected chi connectivity index (χ2v) is 2.94. The zero-order valence-electron chi connectivity index (χ0n) is 6.19. The molecule has 0 aromatic heterocycles. The summed E-state index contributed by atoms with van der Waals surface area (Å²) in [5.41, 5.74) is 0. The highest BCUT2D eigenvalue weighted by Crippen LogP contribution is 2.26. The van der Waals surface area contributed by atoms with Crippen molar-refractivity contribution in [2.24, 2.45) is 5.92 Å². The number of nitrogens with one attached hydrogen (secondary N) is 1. The van der Waals surface area contributed by atoms with Gasteiger partial charge in [-0.2, -0.15) is 0 Å². The summed E-state index contributed by atoms with van der Waals surface area (Å²) in [6.45, 7) is 4.03. The Hall–Kier alpha value is -0.0400. The van der Waals surface area contributed by atoms with Crippen molar-refractivity contribution < 1.29 is 0 Å². The molecule has 1 radical (unpaired) electrons. The van der Waals surface area contributed by atoms with E-state index >= 15 is 0 Å². The number of hydrogen-bond acceptors (Lipinski definition) is 1. The van der Waals surface area contributed by atoms with Gasteiger partial charge in [0, 0.05) is 6.04 Å². The van der Waals surface area contributed by atoms with Crippen LogP contribution in [0.1, 0.15) is 25.7 Å². The van der Waals surface area contributed by atoms with E-state index < -0.39 is 0 Å². The first kappa shape index (κ1) is 7.07. The van der Waals surface area contributed by atoms with Crippen LogP contribution in [0.2, 0.25) is 0 Å². The van der Waals surface area contributed by atoms with E-state index in [1.165, 1.54) is 25.7 Å². The van der Waals surface area contributed by atoms with E-state index in [0.717, 1.165) is 5.92 Å². The SMILES string of the molecule is [CH2]C(NC)C1CCCC1. The molecule has 0 aromatic carbocycles. The summed E-state index contributed by atoms with van der Waals surface area (Å²) in [6, 6.07) is 0.493. The molecule has 0 amide bonds. The van der Waals surface area contributed by atoms with Crippen LogP contribution >= 0.6 is 0 Å². The Morgan fingerprint density at radius 3 is 2.44 bits per heavy atom. The van der Waals surface area contributed by atoms with Crippen LogP contribution in [0, 0.1) is 12.8 Å². The summed E-state index contributed by atoms with van der Waals surface area (Å²) >= 11 is 0. The first-order chi connectivity index (χ1) is 4.34. The molecule has 0 heterocycles. The molecule has 1 fully saturated rings. The van der Waals surface area contributed by atoms with Crippen LogP contribution in [0.4, 0.5) is 0 Å². The van der Waals surface area contributed by atoms with Gasteiger partial charge in [0.05, 0.1) is 0 Å². The zero-order chi connectivity index (χ0) is 6.69. The van der Waals surface area contributed by atoms with Crippen molar-refractivity contribution in [1.82, 2.24) is 5.32 Å². The van der Waals surface area contributed by atoms with Crippen molar-refractivity contribution in [1.29, 1.82) is 0 Å². The lowest BCUT2D eigenvalue weighted by molar-refractivity contribution is 0.436. The summed E-state index contributed by atoms with van der Waals surface area (Å²) < 4.78 is 0. The summed E-state index contributed by atoms with van der Waals surface area (Å²) in [7, 11) is 2.00. The standard InChI is InChI=1S/C8H16N/c1-7(9-2)8-5-3-4-6-8/h7-9H,1,3-6H2,2H3. The van der Waals surface area contributed by atoms with Crippen molar-refractivity contribution >= 4 is 0 Å². The molecule has 1 atom stereocenters. The van der Waals surface area contributed by atoms with Gasteiger partial charge in [0.2, 0.25) is 0 Å². The van der Waals surface area contributed by atoms with Gasteiger partial charge >= 0.3 is 0 Å². The molecule has 1 nitrogen and oxygen atoms in total. The lowest BCUT2D eigenvalue weighted by Crippen LogP contribution is -2.28. The molecule has 0 spiro atoms. The molecule has 0 saturated heterocycles. The highest BCUT2D eigenvalue weighted by Gasteiger charge is 2.19. The normalized spacial score (nSPS) is 24.7. The number of hydrogen-bond donors (Lipinski definition) is 1. The average molecular weight is 126 g/mol. The first-order valence-corrected chi connectivity index (χ1v) is 3.85. The zero-order valence-corrected chi connectivity index (χ0v) is 6.19. The van der Waals surface area contributed by atoms with Crippen molar-refractivity contribution in [2.75, 3.05) is 7.05 Å². The van der Waals surface area contributed by atoms with Crippen molar-refractivity contribution in [3.63, 3.8) is 0 Å². The molecule has 1 saturated carbocycles. The molecule has 1 N–H and O–H groups in total. The van der Waals surface area contributed by atoms with Crippen LogP contribution < -0.4 is 5.32 Å². The predicted octanol–water partition coefficient (Wildman–Crippen LogP) is 1.60. The van der Waals surface area contributed by atoms with Gasteiger partial charge in [0.1, 0.15) is 0 Å². The fraction of sp³-hybridized carbons (Fsp3) is 0.875. The van der Waals surface area contributed by atoms with E-state index in [1.54, 1.807) is 0 Å². The molecule has 0 aliphatic heterocycles. The quantitative estimate of drug-likeness (QED) is 0.592. The maximum Gasteiger partial charge on any atom is 0.00929 e.